The van der Waals surface area contributed by atoms with Crippen molar-refractivity contribution in [3.05, 3.63) is 64.2 Å². The van der Waals surface area contributed by atoms with Gasteiger partial charge in [0.1, 0.15) is 5.56 Å². The van der Waals surface area contributed by atoms with Crippen LogP contribution in [0.4, 0.5) is 11.4 Å². The van der Waals surface area contributed by atoms with Crippen LogP contribution in [0.3, 0.4) is 0 Å². The molecular formula is C18H14N4O5S. The second kappa shape index (κ2) is 8.44. The van der Waals surface area contributed by atoms with Crippen LogP contribution in [0.5, 0.6) is 0 Å². The number of nitro benzene ring substituents is 1. The first-order chi connectivity index (χ1) is 13.4. The second-order valence-corrected chi connectivity index (χ2v) is 6.54. The fourth-order valence-electron chi connectivity index (χ4n) is 2.30. The van der Waals surface area contributed by atoms with E-state index in [0.717, 1.165) is 11.8 Å². The number of hydrogen-bond donors (Lipinski definition) is 1. The van der Waals surface area contributed by atoms with Gasteiger partial charge in [0, 0.05) is 17.3 Å². The number of nitrogens with zero attached hydrogens (tertiary/aromatic N) is 3. The highest BCUT2D eigenvalue weighted by molar-refractivity contribution is 7.99. The summed E-state index contributed by atoms with van der Waals surface area (Å²) < 4.78 is 5.42. The molecule has 3 aromatic rings. The van der Waals surface area contributed by atoms with E-state index in [1.807, 2.05) is 0 Å². The van der Waals surface area contributed by atoms with Crippen molar-refractivity contribution in [2.75, 3.05) is 11.1 Å². The maximum Gasteiger partial charge on any atom is 0.282 e. The Kier molecular flexibility index (Phi) is 5.80. The highest BCUT2D eigenvalue weighted by Gasteiger charge is 2.20. The Labute approximate surface area is 163 Å². The number of Topliss-reactive ketones (excluding diaryl/α,β-unsaturated/α-hetero) is 1. The number of nitro groups is 1. The Morgan fingerprint density at radius 1 is 1.14 bits per heavy atom. The Morgan fingerprint density at radius 2 is 1.86 bits per heavy atom. The van der Waals surface area contributed by atoms with Gasteiger partial charge in [0.15, 0.2) is 5.78 Å². The maximum absolute atomic E-state index is 12.0. The second-order valence-electron chi connectivity index (χ2n) is 5.62. The monoisotopic (exact) mass is 398 g/mol. The molecule has 1 aromatic heterocycles. The van der Waals surface area contributed by atoms with Crippen molar-refractivity contribution < 1.29 is 18.9 Å². The Balaban J connectivity index is 1.61. The molecule has 1 heterocycles. The first-order valence-corrected chi connectivity index (χ1v) is 9.03. The van der Waals surface area contributed by atoms with Gasteiger partial charge in [0.2, 0.25) is 5.91 Å². The number of rotatable bonds is 7. The number of nitrogens with one attached hydrogen (secondary N) is 1. The van der Waals surface area contributed by atoms with Crippen molar-refractivity contribution in [1.29, 1.82) is 0 Å². The summed E-state index contributed by atoms with van der Waals surface area (Å²) in [7, 11) is 0. The maximum atomic E-state index is 12.0. The lowest BCUT2D eigenvalue weighted by Crippen LogP contribution is -2.14. The largest absolute Gasteiger partial charge is 0.411 e. The molecule has 10 heteroatoms. The highest BCUT2D eigenvalue weighted by Crippen LogP contribution is 2.30. The molecule has 0 bridgehead atoms. The van der Waals surface area contributed by atoms with E-state index in [-0.39, 0.29) is 39.8 Å². The molecule has 1 N–H and O–H groups in total. The van der Waals surface area contributed by atoms with Gasteiger partial charge >= 0.3 is 0 Å². The third-order valence-corrected chi connectivity index (χ3v) is 4.46. The Bertz CT molecular complexity index is 1030. The molecule has 0 atom stereocenters. The fourth-order valence-corrected chi connectivity index (χ4v) is 2.87. The van der Waals surface area contributed by atoms with E-state index in [4.69, 9.17) is 4.42 Å². The van der Waals surface area contributed by atoms with Crippen molar-refractivity contribution >= 4 is 34.8 Å². The molecule has 2 aromatic carbocycles. The summed E-state index contributed by atoms with van der Waals surface area (Å²) in [5.41, 5.74) is 1.18. The van der Waals surface area contributed by atoms with Crippen LogP contribution >= 0.6 is 11.8 Å². The van der Waals surface area contributed by atoms with Crippen LogP contribution in [-0.4, -0.2) is 32.6 Å². The molecule has 0 saturated heterocycles. The van der Waals surface area contributed by atoms with Crippen LogP contribution < -0.4 is 5.32 Å². The van der Waals surface area contributed by atoms with E-state index in [1.54, 1.807) is 36.4 Å². The minimum Gasteiger partial charge on any atom is -0.411 e. The third-order valence-electron chi connectivity index (χ3n) is 3.64. The van der Waals surface area contributed by atoms with Gasteiger partial charge < -0.3 is 9.73 Å². The molecule has 3 rings (SSSR count). The lowest BCUT2D eigenvalue weighted by atomic mass is 10.1. The standard InChI is InChI=1S/C18H14N4O5S/c1-11(23)12-6-8-13(9-7-12)19-16(24)10-28-18-21-20-17(27-18)14-4-2-3-5-15(14)22(25)26/h2-9H,10H2,1H3,(H,19,24). The number of ketones is 1. The van der Waals surface area contributed by atoms with Crippen LogP contribution in [0.1, 0.15) is 17.3 Å². The number of carbonyl (C=O) groups excluding carboxylic acids is 2. The first-order valence-electron chi connectivity index (χ1n) is 8.05. The zero-order valence-corrected chi connectivity index (χ0v) is 15.4. The highest BCUT2D eigenvalue weighted by atomic mass is 32.2. The average molecular weight is 398 g/mol. The zero-order valence-electron chi connectivity index (χ0n) is 14.6. The van der Waals surface area contributed by atoms with E-state index in [2.05, 4.69) is 15.5 Å². The van der Waals surface area contributed by atoms with E-state index >= 15 is 0 Å². The van der Waals surface area contributed by atoms with Gasteiger partial charge in [-0.25, -0.2) is 0 Å². The minimum absolute atomic E-state index is 0.00692. The third kappa shape index (κ3) is 4.60. The SMILES string of the molecule is CC(=O)c1ccc(NC(=O)CSc2nnc(-c3ccccc3[N+](=O)[O-])o2)cc1. The summed E-state index contributed by atoms with van der Waals surface area (Å²) in [5, 5.41) is 21.5. The van der Waals surface area contributed by atoms with Gasteiger partial charge in [-0.3, -0.25) is 19.7 Å². The quantitative estimate of drug-likeness (QED) is 0.277. The van der Waals surface area contributed by atoms with Gasteiger partial charge in [-0.15, -0.1) is 10.2 Å². The Hall–Kier alpha value is -3.53. The molecule has 0 radical (unpaired) electrons. The van der Waals surface area contributed by atoms with E-state index in [9.17, 15) is 19.7 Å². The Morgan fingerprint density at radius 3 is 2.54 bits per heavy atom. The molecule has 0 unspecified atom stereocenters. The van der Waals surface area contributed by atoms with E-state index < -0.39 is 4.92 Å². The number of aromatic nitrogens is 2. The molecule has 28 heavy (non-hydrogen) atoms. The summed E-state index contributed by atoms with van der Waals surface area (Å²) >= 11 is 1.01. The molecule has 0 aliphatic heterocycles. The summed E-state index contributed by atoms with van der Waals surface area (Å²) in [6, 6.07) is 12.6. The summed E-state index contributed by atoms with van der Waals surface area (Å²) in [5.74, 6) is -0.340. The molecule has 0 fully saturated rings. The first kappa shape index (κ1) is 19.2. The summed E-state index contributed by atoms with van der Waals surface area (Å²) in [4.78, 5) is 33.9. The van der Waals surface area contributed by atoms with Crippen molar-refractivity contribution in [2.24, 2.45) is 0 Å². The van der Waals surface area contributed by atoms with Gasteiger partial charge in [-0.2, -0.15) is 0 Å². The molecule has 1 amide bonds. The number of anilines is 1. The van der Waals surface area contributed by atoms with Crippen LogP contribution in [0.15, 0.2) is 58.2 Å². The molecule has 0 saturated carbocycles. The van der Waals surface area contributed by atoms with Crippen molar-refractivity contribution in [2.45, 2.75) is 12.1 Å². The number of amides is 1. The van der Waals surface area contributed by atoms with Gasteiger partial charge in [-0.05, 0) is 37.3 Å². The van der Waals surface area contributed by atoms with Crippen LogP contribution in [0, 0.1) is 10.1 Å². The molecule has 0 aliphatic rings. The normalized spacial score (nSPS) is 10.5. The smallest absolute Gasteiger partial charge is 0.282 e. The number of carbonyl (C=O) groups is 2. The molecule has 0 spiro atoms. The number of hydrogen-bond acceptors (Lipinski definition) is 8. The van der Waals surface area contributed by atoms with E-state index in [0.29, 0.717) is 11.3 Å². The number of thioether (sulfide) groups is 1. The van der Waals surface area contributed by atoms with Gasteiger partial charge in [0.25, 0.3) is 16.8 Å². The topological polar surface area (TPSA) is 128 Å². The fraction of sp³-hybridized carbons (Fsp3) is 0.111. The lowest BCUT2D eigenvalue weighted by Gasteiger charge is -2.04. The number of para-hydroxylation sites is 1. The summed E-state index contributed by atoms with van der Waals surface area (Å²) in [6.45, 7) is 1.47. The lowest BCUT2D eigenvalue weighted by molar-refractivity contribution is -0.384. The van der Waals surface area contributed by atoms with Gasteiger partial charge in [0.05, 0.1) is 10.7 Å². The van der Waals surface area contributed by atoms with Gasteiger partial charge in [-0.1, -0.05) is 23.9 Å². The average Bonchev–Trinajstić information content (AvgIpc) is 3.15. The van der Waals surface area contributed by atoms with E-state index in [1.165, 1.54) is 19.1 Å². The van der Waals surface area contributed by atoms with Crippen molar-refractivity contribution in [1.82, 2.24) is 10.2 Å². The molecule has 0 aliphatic carbocycles. The molecular weight excluding hydrogens is 384 g/mol. The zero-order chi connectivity index (χ0) is 20.1. The van der Waals surface area contributed by atoms with Crippen molar-refractivity contribution in [3.63, 3.8) is 0 Å². The van der Waals surface area contributed by atoms with Crippen molar-refractivity contribution in [3.8, 4) is 11.5 Å². The minimum atomic E-state index is -0.531. The van der Waals surface area contributed by atoms with Crippen LogP contribution in [0.2, 0.25) is 0 Å². The molecule has 9 nitrogen and oxygen atoms in total. The van der Waals surface area contributed by atoms with Crippen LogP contribution in [0.25, 0.3) is 11.5 Å². The summed E-state index contributed by atoms with van der Waals surface area (Å²) in [6.07, 6.45) is 0. The number of benzene rings is 2. The predicted octanol–water partition coefficient (Wildman–Crippen LogP) is 3.58. The predicted molar refractivity (Wildman–Crippen MR) is 102 cm³/mol. The van der Waals surface area contributed by atoms with Crippen LogP contribution in [-0.2, 0) is 4.79 Å². The molecule has 142 valence electrons.